The van der Waals surface area contributed by atoms with Gasteiger partial charge in [0.2, 0.25) is 5.95 Å². The van der Waals surface area contributed by atoms with Gasteiger partial charge in [0.15, 0.2) is 0 Å². The molecule has 0 atom stereocenters. The summed E-state index contributed by atoms with van der Waals surface area (Å²) in [4.78, 5) is 10.1. The number of anilines is 3. The molecule has 26 heavy (non-hydrogen) atoms. The molecule has 2 N–H and O–H groups in total. The fraction of sp³-hybridized carbons (Fsp3) is 0.444. The van der Waals surface area contributed by atoms with Crippen LogP contribution in [-0.4, -0.2) is 41.5 Å². The number of aromatic nitrogens is 2. The molecule has 0 amide bonds. The molecule has 1 aliphatic heterocycles. The van der Waals surface area contributed by atoms with Gasteiger partial charge in [-0.15, -0.1) is 0 Å². The molecule has 2 heterocycles. The average Bonchev–Trinajstić information content (AvgIpc) is 2.61. The van der Waals surface area contributed by atoms with Crippen molar-refractivity contribution in [1.82, 2.24) is 14.9 Å². The number of hydrogen-bond donors (Lipinski definition) is 2. The van der Waals surface area contributed by atoms with Crippen LogP contribution in [0.15, 0.2) is 36.5 Å². The van der Waals surface area contributed by atoms with Crippen LogP contribution in [0.1, 0.15) is 18.4 Å². The lowest BCUT2D eigenvalue weighted by Crippen LogP contribution is -2.33. The Bertz CT molecular complexity index is 713. The van der Waals surface area contributed by atoms with Gasteiger partial charge in [-0.05, 0) is 51.0 Å². The van der Waals surface area contributed by atoms with Crippen molar-refractivity contribution in [2.24, 2.45) is 5.92 Å². The van der Waals surface area contributed by atoms with E-state index in [1.165, 1.54) is 0 Å². The van der Waals surface area contributed by atoms with Crippen LogP contribution < -0.4 is 10.6 Å². The number of para-hydroxylation sites is 1. The van der Waals surface area contributed by atoms with E-state index in [9.17, 15) is 13.2 Å². The molecule has 0 saturated carbocycles. The fourth-order valence-corrected chi connectivity index (χ4v) is 2.94. The van der Waals surface area contributed by atoms with Crippen molar-refractivity contribution in [3.8, 4) is 0 Å². The summed E-state index contributed by atoms with van der Waals surface area (Å²) in [6, 6.07) is 9.10. The van der Waals surface area contributed by atoms with Crippen molar-refractivity contribution in [3.63, 3.8) is 0 Å². The lowest BCUT2D eigenvalue weighted by Gasteiger charge is -2.29. The van der Waals surface area contributed by atoms with Gasteiger partial charge in [0.1, 0.15) is 11.4 Å². The third kappa shape index (κ3) is 4.85. The molecule has 140 valence electrons. The van der Waals surface area contributed by atoms with Gasteiger partial charge in [0.05, 0.1) is 0 Å². The number of nitrogens with zero attached hydrogens (tertiary/aromatic N) is 3. The van der Waals surface area contributed by atoms with Gasteiger partial charge in [-0.1, -0.05) is 18.2 Å². The maximum absolute atomic E-state index is 13.3. The van der Waals surface area contributed by atoms with Gasteiger partial charge in [-0.3, -0.25) is 0 Å². The summed E-state index contributed by atoms with van der Waals surface area (Å²) in [6.07, 6.45) is -1.74. The highest BCUT2D eigenvalue weighted by Gasteiger charge is 2.35. The minimum absolute atomic E-state index is 0.134. The zero-order valence-corrected chi connectivity index (χ0v) is 14.6. The Balaban J connectivity index is 1.75. The summed E-state index contributed by atoms with van der Waals surface area (Å²) in [5.41, 5.74) is -0.127. The first-order valence-corrected chi connectivity index (χ1v) is 8.60. The lowest BCUT2D eigenvalue weighted by atomic mass is 9.97. The van der Waals surface area contributed by atoms with Crippen molar-refractivity contribution < 1.29 is 13.2 Å². The van der Waals surface area contributed by atoms with E-state index in [1.54, 1.807) is 12.1 Å². The van der Waals surface area contributed by atoms with E-state index in [1.807, 2.05) is 18.2 Å². The van der Waals surface area contributed by atoms with Gasteiger partial charge in [0.25, 0.3) is 0 Å². The molecule has 3 rings (SSSR count). The molecule has 8 heteroatoms. The van der Waals surface area contributed by atoms with Crippen molar-refractivity contribution >= 4 is 17.5 Å². The van der Waals surface area contributed by atoms with Gasteiger partial charge >= 0.3 is 6.18 Å². The predicted molar refractivity (Wildman–Crippen MR) is 95.5 cm³/mol. The van der Waals surface area contributed by atoms with E-state index in [0.717, 1.165) is 32.1 Å². The Morgan fingerprint density at radius 3 is 2.50 bits per heavy atom. The van der Waals surface area contributed by atoms with E-state index in [0.29, 0.717) is 18.2 Å². The Kier molecular flexibility index (Phi) is 5.61. The zero-order chi connectivity index (χ0) is 18.6. The topological polar surface area (TPSA) is 53.1 Å². The van der Waals surface area contributed by atoms with Crippen LogP contribution in [0.5, 0.6) is 0 Å². The molecule has 1 aromatic heterocycles. The maximum Gasteiger partial charge on any atom is 0.421 e. The van der Waals surface area contributed by atoms with Crippen LogP contribution in [0.3, 0.4) is 0 Å². The largest absolute Gasteiger partial charge is 0.421 e. The molecule has 0 bridgehead atoms. The van der Waals surface area contributed by atoms with E-state index in [2.05, 4.69) is 32.5 Å². The number of piperidine rings is 1. The van der Waals surface area contributed by atoms with Gasteiger partial charge in [0, 0.05) is 18.4 Å². The summed E-state index contributed by atoms with van der Waals surface area (Å²) in [6.45, 7) is 2.39. The second-order valence-corrected chi connectivity index (χ2v) is 6.57. The fourth-order valence-electron chi connectivity index (χ4n) is 2.94. The normalized spacial score (nSPS) is 16.5. The van der Waals surface area contributed by atoms with Crippen molar-refractivity contribution in [2.75, 3.05) is 37.3 Å². The third-order valence-corrected chi connectivity index (χ3v) is 4.52. The van der Waals surface area contributed by atoms with E-state index >= 15 is 0 Å². The second-order valence-electron chi connectivity index (χ2n) is 6.57. The number of hydrogen-bond acceptors (Lipinski definition) is 5. The van der Waals surface area contributed by atoms with E-state index in [4.69, 9.17) is 0 Å². The molecule has 1 saturated heterocycles. The van der Waals surface area contributed by atoms with Gasteiger partial charge < -0.3 is 15.5 Å². The monoisotopic (exact) mass is 365 g/mol. The Morgan fingerprint density at radius 1 is 1.15 bits per heavy atom. The highest BCUT2D eigenvalue weighted by molar-refractivity contribution is 5.56. The second kappa shape index (κ2) is 7.90. The standard InChI is InChI=1S/C18H22F3N5/c1-26-9-7-13(8-10-26)11-22-16-15(18(19,20)21)12-23-17(25-16)24-14-5-3-2-4-6-14/h2-6,12-13H,7-11H2,1H3,(H2,22,23,24,25). The summed E-state index contributed by atoms with van der Waals surface area (Å²) < 4.78 is 39.8. The van der Waals surface area contributed by atoms with Crippen molar-refractivity contribution in [1.29, 1.82) is 0 Å². The SMILES string of the molecule is CN1CCC(CNc2nc(Nc3ccccc3)ncc2C(F)(F)F)CC1. The van der Waals surface area contributed by atoms with Crippen LogP contribution in [0, 0.1) is 5.92 Å². The molecule has 2 aromatic rings. The van der Waals surface area contributed by atoms with Gasteiger partial charge in [-0.25, -0.2) is 4.98 Å². The molecule has 0 aliphatic carbocycles. The first kappa shape index (κ1) is 18.4. The quantitative estimate of drug-likeness (QED) is 0.839. The number of likely N-dealkylation sites (tertiary alicyclic amines) is 1. The molecule has 1 fully saturated rings. The molecule has 1 aromatic carbocycles. The molecule has 0 radical (unpaired) electrons. The zero-order valence-electron chi connectivity index (χ0n) is 14.6. The third-order valence-electron chi connectivity index (χ3n) is 4.52. The first-order chi connectivity index (χ1) is 12.4. The Hall–Kier alpha value is -2.35. The van der Waals surface area contributed by atoms with E-state index in [-0.39, 0.29) is 11.8 Å². The molecule has 0 unspecified atom stereocenters. The number of nitrogens with one attached hydrogen (secondary N) is 2. The van der Waals surface area contributed by atoms with Crippen LogP contribution >= 0.6 is 0 Å². The predicted octanol–water partition coefficient (Wildman–Crippen LogP) is 3.99. The minimum atomic E-state index is -4.50. The lowest BCUT2D eigenvalue weighted by molar-refractivity contribution is -0.137. The Morgan fingerprint density at radius 2 is 1.85 bits per heavy atom. The Labute approximate surface area is 150 Å². The average molecular weight is 365 g/mol. The smallest absolute Gasteiger partial charge is 0.369 e. The van der Waals surface area contributed by atoms with Crippen LogP contribution in [0.25, 0.3) is 0 Å². The number of halogens is 3. The first-order valence-electron chi connectivity index (χ1n) is 8.60. The minimum Gasteiger partial charge on any atom is -0.369 e. The summed E-state index contributed by atoms with van der Waals surface area (Å²) in [5.74, 6) is 0.299. The van der Waals surface area contributed by atoms with Gasteiger partial charge in [-0.2, -0.15) is 18.2 Å². The highest BCUT2D eigenvalue weighted by Crippen LogP contribution is 2.34. The maximum atomic E-state index is 13.3. The molecule has 0 spiro atoms. The van der Waals surface area contributed by atoms with Crippen LogP contribution in [0.2, 0.25) is 0 Å². The van der Waals surface area contributed by atoms with Crippen molar-refractivity contribution in [3.05, 3.63) is 42.1 Å². The van der Waals surface area contributed by atoms with Crippen molar-refractivity contribution in [2.45, 2.75) is 19.0 Å². The highest BCUT2D eigenvalue weighted by atomic mass is 19.4. The van der Waals surface area contributed by atoms with Crippen LogP contribution in [-0.2, 0) is 6.18 Å². The molecular formula is C18H22F3N5. The van der Waals surface area contributed by atoms with E-state index < -0.39 is 11.7 Å². The summed E-state index contributed by atoms with van der Waals surface area (Å²) in [5, 5.41) is 5.83. The molecule has 1 aliphatic rings. The number of benzene rings is 1. The number of rotatable bonds is 5. The summed E-state index contributed by atoms with van der Waals surface area (Å²) >= 11 is 0. The van der Waals surface area contributed by atoms with Crippen LogP contribution in [0.4, 0.5) is 30.6 Å². The molecule has 5 nitrogen and oxygen atoms in total. The number of alkyl halides is 3. The molecular weight excluding hydrogens is 343 g/mol. The summed E-state index contributed by atoms with van der Waals surface area (Å²) in [7, 11) is 2.05.